The van der Waals surface area contributed by atoms with Crippen LogP contribution in [0.5, 0.6) is 0 Å². The molecule has 0 saturated carbocycles. The highest BCUT2D eigenvalue weighted by atomic mass is 32.1. The zero-order valence-corrected chi connectivity index (χ0v) is 11.7. The summed E-state index contributed by atoms with van der Waals surface area (Å²) in [5.41, 5.74) is 3.16. The Balaban J connectivity index is 2.67. The fourth-order valence-electron chi connectivity index (χ4n) is 1.82. The van der Waals surface area contributed by atoms with Crippen LogP contribution in [0.1, 0.15) is 56.6 Å². The fraction of sp³-hybridized carbons (Fsp3) is 0.769. The Hall–Kier alpha value is -0.410. The molecule has 3 heteroatoms. The summed E-state index contributed by atoms with van der Waals surface area (Å²) in [6.45, 7) is 10.0. The minimum atomic E-state index is 0.502. The van der Waals surface area contributed by atoms with Gasteiger partial charge in [0.25, 0.3) is 0 Å². The van der Waals surface area contributed by atoms with Gasteiger partial charge in [-0.2, -0.15) is 0 Å². The normalized spacial score (nSPS) is 15.0. The van der Waals surface area contributed by atoms with Crippen LogP contribution in [0, 0.1) is 12.8 Å². The highest BCUT2D eigenvalue weighted by Gasteiger charge is 2.17. The molecule has 2 unspecified atom stereocenters. The average Bonchev–Trinajstić information content (AvgIpc) is 2.70. The molecule has 0 amide bonds. The van der Waals surface area contributed by atoms with E-state index in [1.165, 1.54) is 29.8 Å². The standard InChI is InChI=1S/C13H24N2S/c1-5-7-14-12(8-10(3)6-2)13-11(4)15-9-16-13/h9-10,12,14H,5-8H2,1-4H3. The van der Waals surface area contributed by atoms with Crippen LogP contribution in [-0.4, -0.2) is 11.5 Å². The molecular weight excluding hydrogens is 216 g/mol. The Bertz CT molecular complexity index is 296. The number of rotatable bonds is 7. The lowest BCUT2D eigenvalue weighted by molar-refractivity contribution is 0.405. The van der Waals surface area contributed by atoms with E-state index in [4.69, 9.17) is 0 Å². The Labute approximate surface area is 103 Å². The summed E-state index contributed by atoms with van der Waals surface area (Å²) in [5, 5.41) is 3.65. The van der Waals surface area contributed by atoms with Crippen LogP contribution in [-0.2, 0) is 0 Å². The van der Waals surface area contributed by atoms with Gasteiger partial charge < -0.3 is 5.32 Å². The summed E-state index contributed by atoms with van der Waals surface area (Å²) in [6.07, 6.45) is 3.66. The largest absolute Gasteiger partial charge is 0.309 e. The van der Waals surface area contributed by atoms with Crippen molar-refractivity contribution in [3.8, 4) is 0 Å². The summed E-state index contributed by atoms with van der Waals surface area (Å²) in [4.78, 5) is 5.78. The van der Waals surface area contributed by atoms with Crippen LogP contribution in [0.3, 0.4) is 0 Å². The number of hydrogen-bond acceptors (Lipinski definition) is 3. The molecule has 0 aromatic carbocycles. The Morgan fingerprint density at radius 3 is 2.69 bits per heavy atom. The Morgan fingerprint density at radius 1 is 1.44 bits per heavy atom. The first kappa shape index (κ1) is 13.7. The van der Waals surface area contributed by atoms with Gasteiger partial charge in [0.1, 0.15) is 0 Å². The first-order valence-electron chi connectivity index (χ1n) is 6.32. The van der Waals surface area contributed by atoms with Crippen molar-refractivity contribution in [2.24, 2.45) is 5.92 Å². The van der Waals surface area contributed by atoms with Gasteiger partial charge in [-0.25, -0.2) is 4.98 Å². The fourth-order valence-corrected chi connectivity index (χ4v) is 2.71. The van der Waals surface area contributed by atoms with Crippen molar-refractivity contribution in [3.05, 3.63) is 16.1 Å². The van der Waals surface area contributed by atoms with Gasteiger partial charge in [-0.1, -0.05) is 27.2 Å². The molecule has 0 aliphatic rings. The molecule has 1 rings (SSSR count). The molecule has 1 aromatic rings. The van der Waals surface area contributed by atoms with Gasteiger partial charge in [-0.05, 0) is 32.2 Å². The predicted octanol–water partition coefficient (Wildman–Crippen LogP) is 3.93. The van der Waals surface area contributed by atoms with Gasteiger partial charge >= 0.3 is 0 Å². The number of nitrogens with zero attached hydrogens (tertiary/aromatic N) is 1. The number of nitrogens with one attached hydrogen (secondary N) is 1. The lowest BCUT2D eigenvalue weighted by atomic mass is 9.97. The van der Waals surface area contributed by atoms with Gasteiger partial charge in [0.2, 0.25) is 0 Å². The van der Waals surface area contributed by atoms with E-state index in [9.17, 15) is 0 Å². The lowest BCUT2D eigenvalue weighted by Crippen LogP contribution is -2.23. The van der Waals surface area contributed by atoms with Gasteiger partial charge in [0, 0.05) is 10.9 Å². The van der Waals surface area contributed by atoms with Gasteiger partial charge in [0.15, 0.2) is 0 Å². The van der Waals surface area contributed by atoms with Crippen molar-refractivity contribution in [2.75, 3.05) is 6.54 Å². The van der Waals surface area contributed by atoms with E-state index >= 15 is 0 Å². The highest BCUT2D eigenvalue weighted by Crippen LogP contribution is 2.28. The minimum Gasteiger partial charge on any atom is -0.309 e. The van der Waals surface area contributed by atoms with Gasteiger partial charge in [-0.15, -0.1) is 11.3 Å². The molecular formula is C13H24N2S. The first-order valence-corrected chi connectivity index (χ1v) is 7.20. The second-order valence-corrected chi connectivity index (χ2v) is 5.44. The molecule has 2 atom stereocenters. The number of aryl methyl sites for hydroxylation is 1. The summed E-state index contributed by atoms with van der Waals surface area (Å²) >= 11 is 1.79. The number of hydrogen-bond donors (Lipinski definition) is 1. The van der Waals surface area contributed by atoms with E-state index in [1.54, 1.807) is 11.3 Å². The van der Waals surface area contributed by atoms with Crippen molar-refractivity contribution >= 4 is 11.3 Å². The zero-order chi connectivity index (χ0) is 12.0. The summed E-state index contributed by atoms with van der Waals surface area (Å²) in [7, 11) is 0. The van der Waals surface area contributed by atoms with Crippen molar-refractivity contribution in [3.63, 3.8) is 0 Å². The third kappa shape index (κ3) is 3.87. The van der Waals surface area contributed by atoms with Crippen LogP contribution in [0.15, 0.2) is 5.51 Å². The molecule has 0 saturated heterocycles. The van der Waals surface area contributed by atoms with Crippen LogP contribution < -0.4 is 5.32 Å². The highest BCUT2D eigenvalue weighted by molar-refractivity contribution is 7.09. The van der Waals surface area contributed by atoms with E-state index in [2.05, 4.69) is 38.0 Å². The van der Waals surface area contributed by atoms with Crippen LogP contribution >= 0.6 is 11.3 Å². The average molecular weight is 240 g/mol. The third-order valence-electron chi connectivity index (χ3n) is 3.07. The molecule has 0 spiro atoms. The molecule has 16 heavy (non-hydrogen) atoms. The number of thiazole rings is 1. The molecule has 92 valence electrons. The summed E-state index contributed by atoms with van der Waals surface area (Å²) in [5.74, 6) is 0.774. The topological polar surface area (TPSA) is 24.9 Å². The monoisotopic (exact) mass is 240 g/mol. The smallest absolute Gasteiger partial charge is 0.0798 e. The van der Waals surface area contributed by atoms with E-state index in [1.807, 2.05) is 5.51 Å². The first-order chi connectivity index (χ1) is 7.69. The molecule has 0 radical (unpaired) electrons. The van der Waals surface area contributed by atoms with E-state index < -0.39 is 0 Å². The van der Waals surface area contributed by atoms with Crippen LogP contribution in [0.25, 0.3) is 0 Å². The van der Waals surface area contributed by atoms with Gasteiger partial charge in [0.05, 0.1) is 11.2 Å². The SMILES string of the molecule is CCCNC(CC(C)CC)c1scnc1C. The third-order valence-corrected chi connectivity index (χ3v) is 4.12. The second kappa shape index (κ2) is 7.02. The quantitative estimate of drug-likeness (QED) is 0.781. The van der Waals surface area contributed by atoms with Crippen molar-refractivity contribution in [1.82, 2.24) is 10.3 Å². The maximum atomic E-state index is 4.36. The second-order valence-electron chi connectivity index (χ2n) is 4.56. The van der Waals surface area contributed by atoms with E-state index in [0.29, 0.717) is 6.04 Å². The van der Waals surface area contributed by atoms with E-state index in [0.717, 1.165) is 12.5 Å². The molecule has 1 aromatic heterocycles. The van der Waals surface area contributed by atoms with Crippen molar-refractivity contribution < 1.29 is 0 Å². The van der Waals surface area contributed by atoms with Crippen molar-refractivity contribution in [2.45, 2.75) is 53.0 Å². The Kier molecular flexibility index (Phi) is 5.99. The summed E-state index contributed by atoms with van der Waals surface area (Å²) < 4.78 is 0. The molecule has 0 bridgehead atoms. The summed E-state index contributed by atoms with van der Waals surface area (Å²) in [6, 6.07) is 0.502. The zero-order valence-electron chi connectivity index (χ0n) is 10.9. The van der Waals surface area contributed by atoms with Crippen LogP contribution in [0.2, 0.25) is 0 Å². The molecule has 2 nitrogen and oxygen atoms in total. The van der Waals surface area contributed by atoms with Crippen molar-refractivity contribution in [1.29, 1.82) is 0 Å². The lowest BCUT2D eigenvalue weighted by Gasteiger charge is -2.21. The van der Waals surface area contributed by atoms with E-state index in [-0.39, 0.29) is 0 Å². The van der Waals surface area contributed by atoms with Gasteiger partial charge in [-0.3, -0.25) is 0 Å². The Morgan fingerprint density at radius 2 is 2.19 bits per heavy atom. The maximum absolute atomic E-state index is 4.36. The predicted molar refractivity (Wildman–Crippen MR) is 72.0 cm³/mol. The molecule has 0 fully saturated rings. The molecule has 1 N–H and O–H groups in total. The molecule has 1 heterocycles. The molecule has 0 aliphatic carbocycles. The number of aromatic nitrogens is 1. The minimum absolute atomic E-state index is 0.502. The maximum Gasteiger partial charge on any atom is 0.0798 e. The molecule has 0 aliphatic heterocycles. The van der Waals surface area contributed by atoms with Crippen LogP contribution in [0.4, 0.5) is 0 Å².